The summed E-state index contributed by atoms with van der Waals surface area (Å²) in [5.74, 6) is 3.15. The first kappa shape index (κ1) is 54.1. The first-order valence-corrected chi connectivity index (χ1v) is 28.8. The van der Waals surface area contributed by atoms with E-state index in [-0.39, 0.29) is 24.0 Å². The Kier molecular flexibility index (Phi) is 16.6. The van der Waals surface area contributed by atoms with E-state index in [1.807, 2.05) is 91.1 Å². The molecular weight excluding hydrogens is 1030 g/mol. The lowest BCUT2D eigenvalue weighted by molar-refractivity contribution is 0.0959. The van der Waals surface area contributed by atoms with Crippen LogP contribution < -0.4 is 19.5 Å². The van der Waals surface area contributed by atoms with Gasteiger partial charge in [0, 0.05) is 122 Å². The van der Waals surface area contributed by atoms with Gasteiger partial charge in [-0.25, -0.2) is 4.98 Å². The Bertz CT molecular complexity index is 3530. The van der Waals surface area contributed by atoms with Crippen molar-refractivity contribution >= 4 is 45.8 Å². The molecule has 3 aromatic carbocycles. The molecule has 0 unspecified atom stereocenters. The molecule has 3 fully saturated rings. The van der Waals surface area contributed by atoms with E-state index in [0.29, 0.717) is 28.2 Å². The van der Waals surface area contributed by atoms with Gasteiger partial charge < -0.3 is 24.5 Å². The highest BCUT2D eigenvalue weighted by atomic mass is 16.5. The summed E-state index contributed by atoms with van der Waals surface area (Å²) < 4.78 is 17.7. The van der Waals surface area contributed by atoms with Crippen molar-refractivity contribution in [3.05, 3.63) is 213 Å². The standard InChI is InChI=1S/C23H22N2O2.C22H21N3O2.C14H17NO2.C8H6N2O/c26-22-19-7-4-6-17(15-25-12-2-1-3-13-25)23(19)27-21(22)14-16-9-10-20-18(16)8-5-11-24-20;26-21-18-4-1-3-16(14-25-11-9-23-10-12-25)22(18)27-20(21)13-15-6-7-19-17(15)5-2-8-24-19;16-13-10-17-14-11(5-4-6-12(13)14)9-15-7-2-1-3-8-15;11-5-6-4-10-8-7(6)2-1-3-9-8/h4-9,11,14H,1-3,10,12-13,15H2;1-6,8,13,23H,7,9-12,14H2;4-6H,1-3,7-10H2;1-5H,(H,9,10)/b21-14-;20-13-;;. The van der Waals surface area contributed by atoms with Crippen LogP contribution in [0.25, 0.3) is 22.2 Å². The Morgan fingerprint density at radius 3 is 1.52 bits per heavy atom. The molecule has 0 bridgehead atoms. The number of rotatable bonds is 9. The Morgan fingerprint density at radius 2 is 0.988 bits per heavy atom. The van der Waals surface area contributed by atoms with Crippen LogP contribution in [0.5, 0.6) is 17.2 Å². The molecule has 0 radical (unpaired) electrons. The fraction of sp³-hybridized carbons (Fsp3) is 0.299. The summed E-state index contributed by atoms with van der Waals surface area (Å²) in [5.41, 5.74) is 13.2. The van der Waals surface area contributed by atoms with Crippen LogP contribution in [0.1, 0.15) is 119 Å². The molecule has 4 aromatic heterocycles. The van der Waals surface area contributed by atoms with Gasteiger partial charge in [-0.1, -0.05) is 73.5 Å². The van der Waals surface area contributed by atoms with Crippen LogP contribution in [0.3, 0.4) is 0 Å². The van der Waals surface area contributed by atoms with Gasteiger partial charge >= 0.3 is 0 Å². The van der Waals surface area contributed by atoms with E-state index >= 15 is 0 Å². The molecule has 8 aliphatic rings. The van der Waals surface area contributed by atoms with Crippen molar-refractivity contribution in [2.24, 2.45) is 0 Å². The van der Waals surface area contributed by atoms with Crippen molar-refractivity contribution in [2.75, 3.05) is 59.0 Å². The number of ketones is 3. The summed E-state index contributed by atoms with van der Waals surface area (Å²) in [6, 6.07) is 29.3. The lowest BCUT2D eigenvalue weighted by Crippen LogP contribution is -2.42. The summed E-state index contributed by atoms with van der Waals surface area (Å²) in [4.78, 5) is 70.8. The number of aromatic amines is 1. The van der Waals surface area contributed by atoms with E-state index in [4.69, 9.17) is 14.2 Å². The number of nitrogens with zero attached hydrogens (tertiary/aromatic N) is 6. The molecule has 10 heterocycles. The van der Waals surface area contributed by atoms with Crippen LogP contribution in [0.15, 0.2) is 152 Å². The lowest BCUT2D eigenvalue weighted by atomic mass is 10.0. The molecular formula is C67H66N8O7. The average Bonchev–Trinajstić information content (AvgIpc) is 4.52. The summed E-state index contributed by atoms with van der Waals surface area (Å²) in [7, 11) is 0. The maximum Gasteiger partial charge on any atom is 0.231 e. The van der Waals surface area contributed by atoms with Crippen molar-refractivity contribution < 1.29 is 33.4 Å². The van der Waals surface area contributed by atoms with E-state index in [9.17, 15) is 19.2 Å². The van der Waals surface area contributed by atoms with Gasteiger partial charge in [-0.3, -0.25) is 43.8 Å². The number of benzene rings is 3. The summed E-state index contributed by atoms with van der Waals surface area (Å²) in [5, 5.41) is 4.25. The quantitative estimate of drug-likeness (QED) is 0.103. The molecule has 6 aliphatic heterocycles. The SMILES string of the molecule is O=C1/C(=C/C2=CCc3ncccc32)Oc2c(CN3CCCCC3)cccc21.O=C1/C(=C/C2=CCc3ncccc32)Oc2c(CN3CCNCC3)cccc21.O=C1COc2c(CN3CCCCC3)cccc21.O=Cc1c[nH]c2ncccc12. The number of carbonyl (C=O) groups is 4. The zero-order valence-corrected chi connectivity index (χ0v) is 46.0. The smallest absolute Gasteiger partial charge is 0.231 e. The average molecular weight is 1100 g/mol. The second-order valence-electron chi connectivity index (χ2n) is 21.7. The number of piperidine rings is 2. The molecule has 15 rings (SSSR count). The van der Waals surface area contributed by atoms with Gasteiger partial charge in [-0.2, -0.15) is 0 Å². The number of aromatic nitrogens is 4. The highest BCUT2D eigenvalue weighted by Crippen LogP contribution is 2.40. The number of hydrogen-bond donors (Lipinski definition) is 2. The number of pyridine rings is 3. The predicted molar refractivity (Wildman–Crippen MR) is 315 cm³/mol. The second-order valence-corrected chi connectivity index (χ2v) is 21.7. The number of piperazine rings is 1. The Labute approximate surface area is 477 Å². The maximum absolute atomic E-state index is 12.9. The molecule has 0 saturated carbocycles. The third kappa shape index (κ3) is 12.0. The first-order chi connectivity index (χ1) is 40.3. The molecule has 7 aromatic rings. The molecule has 0 atom stereocenters. The number of ether oxygens (including phenoxy) is 3. The third-order valence-corrected chi connectivity index (χ3v) is 16.2. The normalized spacial score (nSPS) is 19.0. The molecule has 3 saturated heterocycles. The van der Waals surface area contributed by atoms with Crippen LogP contribution in [-0.4, -0.2) is 117 Å². The van der Waals surface area contributed by atoms with Crippen LogP contribution in [0.2, 0.25) is 0 Å². The van der Waals surface area contributed by atoms with Crippen LogP contribution in [0, 0.1) is 0 Å². The Balaban J connectivity index is 0.000000114. The highest BCUT2D eigenvalue weighted by molar-refractivity contribution is 6.14. The van der Waals surface area contributed by atoms with E-state index in [0.717, 1.165) is 175 Å². The van der Waals surface area contributed by atoms with E-state index in [1.54, 1.807) is 18.6 Å². The highest BCUT2D eigenvalue weighted by Gasteiger charge is 2.33. The van der Waals surface area contributed by atoms with Gasteiger partial charge in [-0.05, 0) is 118 Å². The fourth-order valence-electron chi connectivity index (χ4n) is 11.9. The minimum atomic E-state index is -0.0367. The Morgan fingerprint density at radius 1 is 0.512 bits per heavy atom. The van der Waals surface area contributed by atoms with Gasteiger partial charge in [0.25, 0.3) is 0 Å². The number of allylic oxidation sites excluding steroid dienone is 8. The third-order valence-electron chi connectivity index (χ3n) is 16.2. The van der Waals surface area contributed by atoms with E-state index in [2.05, 4.69) is 70.3 Å². The van der Waals surface area contributed by atoms with Gasteiger partial charge in [0.15, 0.2) is 24.4 Å². The van der Waals surface area contributed by atoms with Gasteiger partial charge in [-0.15, -0.1) is 0 Å². The van der Waals surface area contributed by atoms with Crippen molar-refractivity contribution in [1.82, 2.24) is 40.0 Å². The number of H-pyrrole nitrogens is 1. The predicted octanol–water partition coefficient (Wildman–Crippen LogP) is 10.4. The topological polar surface area (TPSA) is 172 Å². The maximum atomic E-state index is 12.9. The van der Waals surface area contributed by atoms with Gasteiger partial charge in [0.2, 0.25) is 17.3 Å². The van der Waals surface area contributed by atoms with Crippen molar-refractivity contribution in [1.29, 1.82) is 0 Å². The number of aldehydes is 1. The molecule has 82 heavy (non-hydrogen) atoms. The molecule has 15 heteroatoms. The summed E-state index contributed by atoms with van der Waals surface area (Å²) >= 11 is 0. The molecule has 0 amide bonds. The van der Waals surface area contributed by atoms with Crippen LogP contribution in [-0.2, 0) is 32.5 Å². The Hall–Kier alpha value is -8.47. The minimum Gasteiger partial charge on any atom is -0.484 e. The van der Waals surface area contributed by atoms with Gasteiger partial charge in [0.05, 0.1) is 28.1 Å². The number of likely N-dealkylation sites (tertiary alicyclic amines) is 2. The largest absolute Gasteiger partial charge is 0.484 e. The lowest BCUT2D eigenvalue weighted by Gasteiger charge is -2.27. The zero-order chi connectivity index (χ0) is 55.8. The number of para-hydroxylation sites is 3. The number of hydrogen-bond acceptors (Lipinski definition) is 14. The van der Waals surface area contributed by atoms with E-state index in [1.165, 1.54) is 38.5 Å². The van der Waals surface area contributed by atoms with Crippen molar-refractivity contribution in [3.63, 3.8) is 0 Å². The van der Waals surface area contributed by atoms with Crippen LogP contribution >= 0.6 is 0 Å². The molecule has 2 aliphatic carbocycles. The number of nitrogens with one attached hydrogen (secondary N) is 2. The molecule has 0 spiro atoms. The fourth-order valence-corrected chi connectivity index (χ4v) is 11.9. The minimum absolute atomic E-state index is 0.0243. The first-order valence-electron chi connectivity index (χ1n) is 28.8. The van der Waals surface area contributed by atoms with Crippen molar-refractivity contribution in [3.8, 4) is 17.2 Å². The second kappa shape index (κ2) is 25.1. The van der Waals surface area contributed by atoms with Crippen LogP contribution in [0.4, 0.5) is 0 Å². The van der Waals surface area contributed by atoms with Crippen molar-refractivity contribution in [2.45, 2.75) is 71.0 Å². The number of Topliss-reactive ketones (excluding diaryl/α,β-unsaturated/α-hetero) is 3. The zero-order valence-electron chi connectivity index (χ0n) is 46.0. The van der Waals surface area contributed by atoms with Gasteiger partial charge in [0.1, 0.15) is 22.9 Å². The molecule has 2 N–H and O–H groups in total. The number of fused-ring (bicyclic) bond motifs is 6. The monoisotopic (exact) mass is 1090 g/mol. The van der Waals surface area contributed by atoms with E-state index < -0.39 is 0 Å². The molecule has 416 valence electrons. The summed E-state index contributed by atoms with van der Waals surface area (Å²) in [6.07, 6.45) is 25.1. The molecule has 15 nitrogen and oxygen atoms in total. The summed E-state index contributed by atoms with van der Waals surface area (Å²) in [6.45, 7) is 11.4. The number of carbonyl (C=O) groups excluding carboxylic acids is 4.